The van der Waals surface area contributed by atoms with E-state index < -0.39 is 22.0 Å². The minimum Gasteiger partial charge on any atom is -0.299 e. The van der Waals surface area contributed by atoms with Gasteiger partial charge in [-0.25, -0.2) is 8.42 Å². The Balaban J connectivity index is 2.30. The third-order valence-electron chi connectivity index (χ3n) is 3.06. The van der Waals surface area contributed by atoms with Gasteiger partial charge in [-0.05, 0) is 31.4 Å². The second-order valence-electron chi connectivity index (χ2n) is 4.90. The van der Waals surface area contributed by atoms with Crippen molar-refractivity contribution in [1.82, 2.24) is 10.2 Å². The first-order valence-corrected chi connectivity index (χ1v) is 11.4. The first-order valence-electron chi connectivity index (χ1n) is 6.76. The highest BCUT2D eigenvalue weighted by molar-refractivity contribution is 8.00. The van der Waals surface area contributed by atoms with Gasteiger partial charge >= 0.3 is 0 Å². The third-order valence-corrected chi connectivity index (χ3v) is 6.85. The zero-order valence-electron chi connectivity index (χ0n) is 13.4. The molecule has 7 nitrogen and oxygen atoms in total. The standard InChI is InChI=1S/C13H14Cl2N4O3S3/c1-7(11(20)16-12-17-18-13(23-2)24-12)19(25(3,21)22)8-4-5-9(14)10(15)6-8/h4-7H,1-3H3,(H,16,17,20)/t7-/m0/s1. The summed E-state index contributed by atoms with van der Waals surface area (Å²) in [5, 5.41) is 11.1. The molecule has 1 N–H and O–H groups in total. The number of anilines is 2. The summed E-state index contributed by atoms with van der Waals surface area (Å²) < 4.78 is 26.1. The summed E-state index contributed by atoms with van der Waals surface area (Å²) in [6, 6.07) is 3.31. The van der Waals surface area contributed by atoms with Gasteiger partial charge in [0.15, 0.2) is 4.34 Å². The average molecular weight is 441 g/mol. The minimum atomic E-state index is -3.75. The number of thioether (sulfide) groups is 1. The summed E-state index contributed by atoms with van der Waals surface area (Å²) in [5.74, 6) is -0.541. The molecular formula is C13H14Cl2N4O3S3. The van der Waals surface area contributed by atoms with E-state index in [1.54, 1.807) is 0 Å². The lowest BCUT2D eigenvalue weighted by Gasteiger charge is -2.28. The van der Waals surface area contributed by atoms with E-state index in [0.717, 1.165) is 10.6 Å². The summed E-state index contributed by atoms with van der Waals surface area (Å²) in [5.41, 5.74) is 0.238. The van der Waals surface area contributed by atoms with Crippen molar-refractivity contribution in [1.29, 1.82) is 0 Å². The number of amides is 1. The molecule has 0 radical (unpaired) electrons. The van der Waals surface area contributed by atoms with E-state index in [-0.39, 0.29) is 15.7 Å². The largest absolute Gasteiger partial charge is 0.299 e. The van der Waals surface area contributed by atoms with E-state index in [2.05, 4.69) is 15.5 Å². The number of sulfonamides is 1. The SMILES string of the molecule is CSc1nnc(NC(=O)[C@H](C)N(c2ccc(Cl)c(Cl)c2)S(C)(=O)=O)s1. The van der Waals surface area contributed by atoms with Gasteiger partial charge in [0.2, 0.25) is 21.1 Å². The molecule has 0 saturated carbocycles. The molecule has 0 unspecified atom stereocenters. The number of carbonyl (C=O) groups is 1. The van der Waals surface area contributed by atoms with E-state index in [4.69, 9.17) is 23.2 Å². The molecule has 0 spiro atoms. The topological polar surface area (TPSA) is 92.3 Å². The molecule has 12 heteroatoms. The van der Waals surface area contributed by atoms with Crippen LogP contribution in [-0.2, 0) is 14.8 Å². The number of hydrogen-bond donors (Lipinski definition) is 1. The van der Waals surface area contributed by atoms with Crippen molar-refractivity contribution in [3.63, 3.8) is 0 Å². The van der Waals surface area contributed by atoms with Crippen LogP contribution in [0.2, 0.25) is 10.0 Å². The Labute approximate surface area is 163 Å². The highest BCUT2D eigenvalue weighted by Crippen LogP contribution is 2.30. The predicted molar refractivity (Wildman–Crippen MR) is 104 cm³/mol. The number of aromatic nitrogens is 2. The number of halogens is 2. The van der Waals surface area contributed by atoms with Crippen LogP contribution in [0.5, 0.6) is 0 Å². The van der Waals surface area contributed by atoms with Crippen LogP contribution in [0.25, 0.3) is 0 Å². The maximum Gasteiger partial charge on any atom is 0.249 e. The molecule has 1 aromatic heterocycles. The average Bonchev–Trinajstić information content (AvgIpc) is 2.97. The number of benzene rings is 1. The van der Waals surface area contributed by atoms with Gasteiger partial charge in [-0.15, -0.1) is 10.2 Å². The van der Waals surface area contributed by atoms with Gasteiger partial charge in [-0.1, -0.05) is 46.3 Å². The first kappa shape index (κ1) is 20.2. The lowest BCUT2D eigenvalue weighted by molar-refractivity contribution is -0.116. The van der Waals surface area contributed by atoms with Gasteiger partial charge in [0, 0.05) is 0 Å². The monoisotopic (exact) mass is 440 g/mol. The molecule has 0 saturated heterocycles. The van der Waals surface area contributed by atoms with Crippen LogP contribution in [0.4, 0.5) is 10.8 Å². The molecule has 136 valence electrons. The van der Waals surface area contributed by atoms with Crippen molar-refractivity contribution in [2.24, 2.45) is 0 Å². The van der Waals surface area contributed by atoms with Crippen molar-refractivity contribution < 1.29 is 13.2 Å². The van der Waals surface area contributed by atoms with Gasteiger partial charge in [-0.3, -0.25) is 14.4 Å². The molecule has 0 fully saturated rings. The maximum atomic E-state index is 12.5. The van der Waals surface area contributed by atoms with E-state index >= 15 is 0 Å². The van der Waals surface area contributed by atoms with Gasteiger partial charge in [0.25, 0.3) is 0 Å². The molecule has 1 aromatic carbocycles. The van der Waals surface area contributed by atoms with E-state index in [1.807, 2.05) is 6.26 Å². The molecule has 1 atom stereocenters. The van der Waals surface area contributed by atoms with E-state index in [1.165, 1.54) is 48.2 Å². The fourth-order valence-electron chi connectivity index (χ4n) is 1.98. The molecule has 1 heterocycles. The molecule has 25 heavy (non-hydrogen) atoms. The summed E-state index contributed by atoms with van der Waals surface area (Å²) in [4.78, 5) is 12.5. The second-order valence-corrected chi connectivity index (χ2v) is 9.60. The lowest BCUT2D eigenvalue weighted by atomic mass is 10.2. The molecule has 0 bridgehead atoms. The summed E-state index contributed by atoms with van der Waals surface area (Å²) in [6.07, 6.45) is 2.85. The summed E-state index contributed by atoms with van der Waals surface area (Å²) in [7, 11) is -3.75. The minimum absolute atomic E-state index is 0.189. The fourth-order valence-corrected chi connectivity index (χ4v) is 4.62. The number of nitrogens with one attached hydrogen (secondary N) is 1. The van der Waals surface area contributed by atoms with Crippen LogP contribution in [0.1, 0.15) is 6.92 Å². The Morgan fingerprint density at radius 3 is 2.52 bits per heavy atom. The Morgan fingerprint density at radius 1 is 1.32 bits per heavy atom. The molecule has 0 aliphatic heterocycles. The van der Waals surface area contributed by atoms with Crippen molar-refractivity contribution in [3.8, 4) is 0 Å². The lowest BCUT2D eigenvalue weighted by Crippen LogP contribution is -2.45. The van der Waals surface area contributed by atoms with Gasteiger partial charge < -0.3 is 0 Å². The van der Waals surface area contributed by atoms with Crippen molar-refractivity contribution in [2.75, 3.05) is 22.1 Å². The number of carbonyl (C=O) groups excluding carboxylic acids is 1. The van der Waals surface area contributed by atoms with Gasteiger partial charge in [0.05, 0.1) is 22.0 Å². The van der Waals surface area contributed by atoms with Gasteiger partial charge in [0.1, 0.15) is 6.04 Å². The number of nitrogens with zero attached hydrogens (tertiary/aromatic N) is 3. The quantitative estimate of drug-likeness (QED) is 0.546. The van der Waals surface area contributed by atoms with Crippen LogP contribution in [0.3, 0.4) is 0 Å². The van der Waals surface area contributed by atoms with Crippen molar-refractivity contribution in [3.05, 3.63) is 28.2 Å². The van der Waals surface area contributed by atoms with Crippen LogP contribution in [-0.4, -0.2) is 43.1 Å². The summed E-state index contributed by atoms with van der Waals surface area (Å²) >= 11 is 14.4. The van der Waals surface area contributed by atoms with Crippen LogP contribution < -0.4 is 9.62 Å². The maximum absolute atomic E-state index is 12.5. The number of hydrogen-bond acceptors (Lipinski definition) is 7. The van der Waals surface area contributed by atoms with Crippen molar-refractivity contribution >= 4 is 73.0 Å². The van der Waals surface area contributed by atoms with Crippen LogP contribution in [0.15, 0.2) is 22.5 Å². The smallest absolute Gasteiger partial charge is 0.249 e. The van der Waals surface area contributed by atoms with Crippen LogP contribution in [0, 0.1) is 0 Å². The number of rotatable bonds is 6. The fraction of sp³-hybridized carbons (Fsp3) is 0.308. The molecule has 1 amide bonds. The molecule has 2 aromatic rings. The Bertz CT molecular complexity index is 888. The van der Waals surface area contributed by atoms with E-state index in [0.29, 0.717) is 9.47 Å². The Morgan fingerprint density at radius 2 is 2.00 bits per heavy atom. The second kappa shape index (κ2) is 8.09. The van der Waals surface area contributed by atoms with Gasteiger partial charge in [-0.2, -0.15) is 0 Å². The Hall–Kier alpha value is -1.07. The highest BCUT2D eigenvalue weighted by atomic mass is 35.5. The molecule has 2 rings (SSSR count). The first-order chi connectivity index (χ1) is 11.6. The third kappa shape index (κ3) is 4.98. The van der Waals surface area contributed by atoms with Crippen LogP contribution >= 0.6 is 46.3 Å². The zero-order valence-corrected chi connectivity index (χ0v) is 17.3. The normalized spacial score (nSPS) is 12.7. The Kier molecular flexibility index (Phi) is 6.55. The van der Waals surface area contributed by atoms with Crippen molar-refractivity contribution in [2.45, 2.75) is 17.3 Å². The zero-order chi connectivity index (χ0) is 18.8. The van der Waals surface area contributed by atoms with E-state index in [9.17, 15) is 13.2 Å². The predicted octanol–water partition coefficient (Wildman–Crippen LogP) is 3.36. The summed E-state index contributed by atoms with van der Waals surface area (Å²) in [6.45, 7) is 1.47. The molecule has 0 aliphatic rings. The molecule has 0 aliphatic carbocycles. The highest BCUT2D eigenvalue weighted by Gasteiger charge is 2.30. The molecular weight excluding hydrogens is 427 g/mol.